The number of hydrogen-bond acceptors (Lipinski definition) is 6. The molecule has 4 rings (SSSR count). The molecule has 0 bridgehead atoms. The maximum atomic E-state index is 13.0. The maximum absolute atomic E-state index is 13.0. The van der Waals surface area contributed by atoms with Crippen molar-refractivity contribution < 1.29 is 13.8 Å². The second-order valence-corrected chi connectivity index (χ2v) is 7.35. The summed E-state index contributed by atoms with van der Waals surface area (Å²) in [6.45, 7) is 7.20. The molecule has 128 valence electrons. The van der Waals surface area contributed by atoms with Gasteiger partial charge in [-0.1, -0.05) is 30.6 Å². The third-order valence-corrected chi connectivity index (χ3v) is 5.49. The molecular formula is C17H22N4O3. The van der Waals surface area contributed by atoms with E-state index in [1.807, 2.05) is 25.7 Å². The lowest BCUT2D eigenvalue weighted by Gasteiger charge is -2.24. The average molecular weight is 330 g/mol. The van der Waals surface area contributed by atoms with Crippen molar-refractivity contribution in [1.29, 1.82) is 0 Å². The van der Waals surface area contributed by atoms with Gasteiger partial charge < -0.3 is 13.9 Å². The zero-order valence-corrected chi connectivity index (χ0v) is 14.3. The van der Waals surface area contributed by atoms with Crippen molar-refractivity contribution in [2.45, 2.75) is 51.4 Å². The lowest BCUT2D eigenvalue weighted by atomic mass is 9.80. The van der Waals surface area contributed by atoms with Crippen molar-refractivity contribution in [3.05, 3.63) is 29.2 Å². The van der Waals surface area contributed by atoms with E-state index in [4.69, 9.17) is 9.05 Å². The van der Waals surface area contributed by atoms with E-state index in [-0.39, 0.29) is 17.2 Å². The summed E-state index contributed by atoms with van der Waals surface area (Å²) in [5.41, 5.74) is 1.10. The van der Waals surface area contributed by atoms with Crippen LogP contribution in [0.2, 0.25) is 0 Å². The van der Waals surface area contributed by atoms with Crippen LogP contribution >= 0.6 is 0 Å². The van der Waals surface area contributed by atoms with Crippen molar-refractivity contribution in [2.75, 3.05) is 13.1 Å². The molecule has 2 aliphatic rings. The first-order valence-corrected chi connectivity index (χ1v) is 8.55. The molecule has 1 saturated heterocycles. The predicted molar refractivity (Wildman–Crippen MR) is 84.5 cm³/mol. The summed E-state index contributed by atoms with van der Waals surface area (Å²) in [6, 6.07) is 0. The molecular weight excluding hydrogens is 308 g/mol. The van der Waals surface area contributed by atoms with Crippen molar-refractivity contribution in [3.63, 3.8) is 0 Å². The molecule has 1 aliphatic heterocycles. The van der Waals surface area contributed by atoms with Gasteiger partial charge >= 0.3 is 0 Å². The molecule has 0 aromatic carbocycles. The van der Waals surface area contributed by atoms with Crippen LogP contribution in [0.15, 0.2) is 15.3 Å². The Labute approximate surface area is 140 Å². The normalized spacial score (nSPS) is 26.3. The molecule has 0 N–H and O–H groups in total. The number of nitrogens with zero attached hydrogens (tertiary/aromatic N) is 4. The minimum atomic E-state index is -0.188. The van der Waals surface area contributed by atoms with E-state index < -0.39 is 0 Å². The molecule has 3 heterocycles. The third kappa shape index (κ3) is 2.17. The molecule has 1 aliphatic carbocycles. The third-order valence-electron chi connectivity index (χ3n) is 5.49. The highest BCUT2D eigenvalue weighted by Crippen LogP contribution is 2.50. The summed E-state index contributed by atoms with van der Waals surface area (Å²) in [5, 5.41) is 7.95. The van der Waals surface area contributed by atoms with Crippen molar-refractivity contribution in [2.24, 2.45) is 5.92 Å². The molecule has 2 fully saturated rings. The maximum Gasteiger partial charge on any atom is 0.259 e. The molecule has 1 amide bonds. The van der Waals surface area contributed by atoms with Gasteiger partial charge in [-0.2, -0.15) is 4.98 Å². The number of carbonyl (C=O) groups excluding carboxylic acids is 1. The van der Waals surface area contributed by atoms with Gasteiger partial charge in [0.15, 0.2) is 5.82 Å². The fourth-order valence-corrected chi connectivity index (χ4v) is 4.28. The Balaban J connectivity index is 1.63. The second-order valence-electron chi connectivity index (χ2n) is 7.35. The zero-order chi connectivity index (χ0) is 16.9. The van der Waals surface area contributed by atoms with Crippen LogP contribution in [0.4, 0.5) is 0 Å². The Bertz CT molecular complexity index is 765. The van der Waals surface area contributed by atoms with Gasteiger partial charge in [-0.25, -0.2) is 0 Å². The van der Waals surface area contributed by atoms with E-state index in [2.05, 4.69) is 15.3 Å². The summed E-state index contributed by atoms with van der Waals surface area (Å²) < 4.78 is 10.6. The SMILES string of the molecule is Cc1noc([C@]23CCC[C@H]2CN(C(=O)c2conc2C(C)C)C3)n1. The summed E-state index contributed by atoms with van der Waals surface area (Å²) in [5.74, 6) is 1.86. The molecule has 1 saturated carbocycles. The van der Waals surface area contributed by atoms with Crippen LogP contribution in [0.1, 0.15) is 66.8 Å². The molecule has 7 nitrogen and oxygen atoms in total. The summed E-state index contributed by atoms with van der Waals surface area (Å²) in [7, 11) is 0. The van der Waals surface area contributed by atoms with Crippen LogP contribution < -0.4 is 0 Å². The summed E-state index contributed by atoms with van der Waals surface area (Å²) >= 11 is 0. The first-order chi connectivity index (χ1) is 11.5. The minimum Gasteiger partial charge on any atom is -0.364 e. The number of fused-ring (bicyclic) bond motifs is 1. The van der Waals surface area contributed by atoms with Gasteiger partial charge in [0.1, 0.15) is 11.8 Å². The van der Waals surface area contributed by atoms with E-state index in [9.17, 15) is 4.79 Å². The Hall–Kier alpha value is -2.18. The lowest BCUT2D eigenvalue weighted by Crippen LogP contribution is -2.35. The van der Waals surface area contributed by atoms with E-state index in [0.29, 0.717) is 29.7 Å². The summed E-state index contributed by atoms with van der Waals surface area (Å²) in [6.07, 6.45) is 4.68. The molecule has 24 heavy (non-hydrogen) atoms. The highest BCUT2D eigenvalue weighted by molar-refractivity contribution is 5.95. The topological polar surface area (TPSA) is 85.3 Å². The molecule has 0 radical (unpaired) electrons. The molecule has 2 atom stereocenters. The lowest BCUT2D eigenvalue weighted by molar-refractivity contribution is 0.0773. The number of amides is 1. The van der Waals surface area contributed by atoms with Gasteiger partial charge in [0.05, 0.1) is 11.1 Å². The van der Waals surface area contributed by atoms with E-state index in [0.717, 1.165) is 31.5 Å². The predicted octanol–water partition coefficient (Wildman–Crippen LogP) is 2.68. The fourth-order valence-electron chi connectivity index (χ4n) is 4.28. The Morgan fingerprint density at radius 2 is 2.25 bits per heavy atom. The van der Waals surface area contributed by atoms with Gasteiger partial charge in [-0.3, -0.25) is 4.79 Å². The van der Waals surface area contributed by atoms with Gasteiger partial charge in [0, 0.05) is 13.1 Å². The Kier molecular flexibility index (Phi) is 3.47. The van der Waals surface area contributed by atoms with E-state index >= 15 is 0 Å². The van der Waals surface area contributed by atoms with Crippen LogP contribution in [0.5, 0.6) is 0 Å². The molecule has 2 aromatic heterocycles. The van der Waals surface area contributed by atoms with Crippen LogP contribution in [0.25, 0.3) is 0 Å². The number of likely N-dealkylation sites (tertiary alicyclic amines) is 1. The number of aromatic nitrogens is 3. The van der Waals surface area contributed by atoms with Crippen LogP contribution in [0, 0.1) is 12.8 Å². The standard InChI is InChI=1S/C17H22N4O3/c1-10(2)14-13(8-23-20-14)15(22)21-7-12-5-4-6-17(12,9-21)16-18-11(3)19-24-16/h8,10,12H,4-7,9H2,1-3H3/t12-,17-/m0/s1. The Morgan fingerprint density at radius 3 is 2.96 bits per heavy atom. The van der Waals surface area contributed by atoms with Crippen molar-refractivity contribution in [1.82, 2.24) is 20.2 Å². The van der Waals surface area contributed by atoms with E-state index in [1.165, 1.54) is 6.26 Å². The Morgan fingerprint density at radius 1 is 1.42 bits per heavy atom. The van der Waals surface area contributed by atoms with Crippen molar-refractivity contribution >= 4 is 5.91 Å². The number of hydrogen-bond donors (Lipinski definition) is 0. The quantitative estimate of drug-likeness (QED) is 0.860. The first-order valence-electron chi connectivity index (χ1n) is 8.55. The highest BCUT2D eigenvalue weighted by Gasteiger charge is 2.55. The number of carbonyl (C=O) groups is 1. The van der Waals surface area contributed by atoms with Crippen LogP contribution in [-0.2, 0) is 5.41 Å². The van der Waals surface area contributed by atoms with Crippen LogP contribution in [-0.4, -0.2) is 39.2 Å². The number of rotatable bonds is 3. The van der Waals surface area contributed by atoms with Crippen molar-refractivity contribution in [3.8, 4) is 0 Å². The summed E-state index contributed by atoms with van der Waals surface area (Å²) in [4.78, 5) is 19.4. The second kappa shape index (κ2) is 5.43. The van der Waals surface area contributed by atoms with Crippen LogP contribution in [0.3, 0.4) is 0 Å². The zero-order valence-electron chi connectivity index (χ0n) is 14.3. The van der Waals surface area contributed by atoms with Gasteiger partial charge in [-0.15, -0.1) is 0 Å². The molecule has 0 unspecified atom stereocenters. The molecule has 0 spiro atoms. The van der Waals surface area contributed by atoms with Gasteiger partial charge in [0.25, 0.3) is 5.91 Å². The first kappa shape index (κ1) is 15.4. The smallest absolute Gasteiger partial charge is 0.259 e. The average Bonchev–Trinajstić information content (AvgIpc) is 3.28. The minimum absolute atomic E-state index is 0.00929. The largest absolute Gasteiger partial charge is 0.364 e. The van der Waals surface area contributed by atoms with Gasteiger partial charge in [-0.05, 0) is 31.6 Å². The molecule has 2 aromatic rings. The van der Waals surface area contributed by atoms with E-state index in [1.54, 1.807) is 0 Å². The monoisotopic (exact) mass is 330 g/mol. The highest BCUT2D eigenvalue weighted by atomic mass is 16.5. The van der Waals surface area contributed by atoms with Gasteiger partial charge in [0.2, 0.25) is 5.89 Å². The number of aryl methyl sites for hydroxylation is 1. The molecule has 7 heteroatoms. The fraction of sp³-hybridized carbons (Fsp3) is 0.647.